The maximum atomic E-state index is 12.8. The van der Waals surface area contributed by atoms with Gasteiger partial charge >= 0.3 is 6.18 Å². The van der Waals surface area contributed by atoms with Gasteiger partial charge in [0.2, 0.25) is 0 Å². The van der Waals surface area contributed by atoms with E-state index in [4.69, 9.17) is 0 Å². The first kappa shape index (κ1) is 15.0. The summed E-state index contributed by atoms with van der Waals surface area (Å²) in [5, 5.41) is 7.83. The van der Waals surface area contributed by atoms with Crippen molar-refractivity contribution in [2.75, 3.05) is 26.2 Å². The van der Waals surface area contributed by atoms with Crippen LogP contribution in [0.5, 0.6) is 0 Å². The van der Waals surface area contributed by atoms with Gasteiger partial charge in [-0.25, -0.2) is 0 Å². The lowest BCUT2D eigenvalue weighted by atomic mass is 10.0. The van der Waals surface area contributed by atoms with Crippen LogP contribution in [0.3, 0.4) is 0 Å². The largest absolute Gasteiger partial charge is 0.416 e. The topological polar surface area (TPSA) is 35.2 Å². The smallest absolute Gasteiger partial charge is 0.302 e. The van der Waals surface area contributed by atoms with E-state index in [9.17, 15) is 13.2 Å². The number of H-pyrrole nitrogens is 1. The Balaban J connectivity index is 1.59. The van der Waals surface area contributed by atoms with Crippen LogP contribution in [0.1, 0.15) is 24.1 Å². The van der Waals surface area contributed by atoms with Crippen molar-refractivity contribution in [2.45, 2.75) is 31.6 Å². The molecule has 3 fully saturated rings. The molecule has 5 rings (SSSR count). The van der Waals surface area contributed by atoms with Crippen LogP contribution in [0.25, 0.3) is 10.9 Å². The Morgan fingerprint density at radius 3 is 2.65 bits per heavy atom. The number of nitrogens with zero attached hydrogens (tertiary/aromatic N) is 3. The first-order valence-corrected chi connectivity index (χ1v) is 8.01. The molecule has 2 aromatic rings. The van der Waals surface area contributed by atoms with E-state index in [1.165, 1.54) is 18.9 Å². The van der Waals surface area contributed by atoms with E-state index in [-0.39, 0.29) is 0 Å². The van der Waals surface area contributed by atoms with Crippen molar-refractivity contribution in [1.29, 1.82) is 0 Å². The number of aromatic amines is 1. The third kappa shape index (κ3) is 2.83. The van der Waals surface area contributed by atoms with Crippen molar-refractivity contribution >= 4 is 10.9 Å². The maximum Gasteiger partial charge on any atom is 0.416 e. The van der Waals surface area contributed by atoms with Gasteiger partial charge in [-0.3, -0.25) is 10.00 Å². The first-order chi connectivity index (χ1) is 11.0. The van der Waals surface area contributed by atoms with Crippen LogP contribution < -0.4 is 0 Å². The Kier molecular flexibility index (Phi) is 3.57. The van der Waals surface area contributed by atoms with Gasteiger partial charge in [-0.05, 0) is 38.1 Å². The van der Waals surface area contributed by atoms with Crippen LogP contribution in [0.4, 0.5) is 13.2 Å². The lowest BCUT2D eigenvalue weighted by Gasteiger charge is -2.31. The second-order valence-electron chi connectivity index (χ2n) is 6.47. The zero-order valence-electron chi connectivity index (χ0n) is 12.7. The van der Waals surface area contributed by atoms with E-state index in [0.717, 1.165) is 49.4 Å². The molecule has 0 unspecified atom stereocenters. The molecule has 1 N–H and O–H groups in total. The summed E-state index contributed by atoms with van der Waals surface area (Å²) in [7, 11) is 0. The minimum absolute atomic E-state index is 0.456. The van der Waals surface area contributed by atoms with Crippen LogP contribution >= 0.6 is 0 Å². The van der Waals surface area contributed by atoms with Gasteiger partial charge in [0.25, 0.3) is 0 Å². The average Bonchev–Trinajstić information content (AvgIpc) is 2.70. The molecule has 23 heavy (non-hydrogen) atoms. The highest BCUT2D eigenvalue weighted by atomic mass is 19.4. The highest BCUT2D eigenvalue weighted by Crippen LogP contribution is 2.32. The van der Waals surface area contributed by atoms with E-state index in [1.54, 1.807) is 0 Å². The second-order valence-corrected chi connectivity index (χ2v) is 6.47. The maximum absolute atomic E-state index is 12.8. The third-order valence-electron chi connectivity index (χ3n) is 5.10. The molecule has 7 heteroatoms. The number of rotatable bonds is 2. The molecule has 1 aromatic carbocycles. The first-order valence-electron chi connectivity index (χ1n) is 8.01. The summed E-state index contributed by atoms with van der Waals surface area (Å²) < 4.78 is 38.4. The molecule has 3 aliphatic rings. The lowest BCUT2D eigenvalue weighted by Crippen LogP contribution is -2.37. The third-order valence-corrected chi connectivity index (χ3v) is 5.10. The zero-order valence-corrected chi connectivity index (χ0v) is 12.7. The van der Waals surface area contributed by atoms with Gasteiger partial charge in [-0.1, -0.05) is 6.07 Å². The molecule has 3 saturated heterocycles. The number of hydrogen-bond acceptors (Lipinski definition) is 3. The molecular weight excluding hydrogens is 305 g/mol. The zero-order chi connectivity index (χ0) is 16.0. The summed E-state index contributed by atoms with van der Waals surface area (Å²) in [6.07, 6.45) is -1.99. The number of aromatic nitrogens is 2. The molecule has 0 amide bonds. The summed E-state index contributed by atoms with van der Waals surface area (Å²) in [6.45, 7) is 5.06. The van der Waals surface area contributed by atoms with Crippen molar-refractivity contribution in [3.63, 3.8) is 0 Å². The summed E-state index contributed by atoms with van der Waals surface area (Å²) in [5.74, 6) is 0. The molecule has 0 radical (unpaired) electrons. The van der Waals surface area contributed by atoms with E-state index in [1.807, 2.05) is 0 Å². The summed E-state index contributed by atoms with van der Waals surface area (Å²) >= 11 is 0. The Hall–Kier alpha value is -1.60. The van der Waals surface area contributed by atoms with Crippen molar-refractivity contribution in [3.05, 3.63) is 29.5 Å². The van der Waals surface area contributed by atoms with Gasteiger partial charge in [-0.2, -0.15) is 18.3 Å². The highest BCUT2D eigenvalue weighted by molar-refractivity contribution is 5.82. The van der Waals surface area contributed by atoms with Crippen molar-refractivity contribution in [2.24, 2.45) is 0 Å². The van der Waals surface area contributed by atoms with Crippen molar-refractivity contribution in [1.82, 2.24) is 20.0 Å². The SMILES string of the molecule is FC(F)(F)c1ccc2c(CN3CCN4CCC3CC4)n[nH]c2c1. The Morgan fingerprint density at radius 1 is 1.13 bits per heavy atom. The number of fused-ring (bicyclic) bond motifs is 5. The van der Waals surface area contributed by atoms with Crippen molar-refractivity contribution < 1.29 is 13.2 Å². The van der Waals surface area contributed by atoms with Crippen LogP contribution in [0.2, 0.25) is 0 Å². The van der Waals surface area contributed by atoms with Gasteiger partial charge in [-0.15, -0.1) is 0 Å². The predicted octanol–water partition coefficient (Wildman–Crippen LogP) is 2.86. The molecule has 4 heterocycles. The molecule has 0 spiro atoms. The number of benzene rings is 1. The normalized spacial score (nSPS) is 25.9. The fraction of sp³-hybridized carbons (Fsp3) is 0.562. The van der Waals surface area contributed by atoms with Crippen LogP contribution in [-0.4, -0.2) is 52.2 Å². The minimum atomic E-state index is -4.32. The molecule has 4 nitrogen and oxygen atoms in total. The summed E-state index contributed by atoms with van der Waals surface area (Å²) in [5.41, 5.74) is 0.660. The Labute approximate surface area is 132 Å². The summed E-state index contributed by atoms with van der Waals surface area (Å²) in [4.78, 5) is 4.91. The monoisotopic (exact) mass is 324 g/mol. The molecular formula is C16H19F3N4. The molecule has 124 valence electrons. The summed E-state index contributed by atoms with van der Waals surface area (Å²) in [6, 6.07) is 4.39. The molecule has 0 saturated carbocycles. The van der Waals surface area contributed by atoms with Gasteiger partial charge in [0.15, 0.2) is 0 Å². The standard InChI is InChI=1S/C16H19F3N4/c17-16(18,19)11-1-2-13-14(9-11)20-21-15(13)10-23-8-7-22-5-3-12(23)4-6-22/h1-2,9,12H,3-8,10H2,(H,20,21). The number of piperidine rings is 1. The van der Waals surface area contributed by atoms with Gasteiger partial charge < -0.3 is 4.90 Å². The number of hydrogen-bond donors (Lipinski definition) is 1. The minimum Gasteiger partial charge on any atom is -0.302 e. The van der Waals surface area contributed by atoms with E-state index >= 15 is 0 Å². The van der Waals surface area contributed by atoms with Gasteiger partial charge in [0.1, 0.15) is 0 Å². The molecule has 0 aliphatic carbocycles. The van der Waals surface area contributed by atoms with Crippen LogP contribution in [-0.2, 0) is 12.7 Å². The quantitative estimate of drug-likeness (QED) is 0.923. The number of halogens is 3. The molecule has 1 aromatic heterocycles. The Bertz CT molecular complexity index is 701. The number of nitrogens with one attached hydrogen (secondary N) is 1. The fourth-order valence-corrected chi connectivity index (χ4v) is 3.73. The average molecular weight is 324 g/mol. The van der Waals surface area contributed by atoms with E-state index in [2.05, 4.69) is 20.0 Å². The van der Waals surface area contributed by atoms with Gasteiger partial charge in [0.05, 0.1) is 16.8 Å². The van der Waals surface area contributed by atoms with Crippen molar-refractivity contribution in [3.8, 4) is 0 Å². The highest BCUT2D eigenvalue weighted by Gasteiger charge is 2.32. The van der Waals surface area contributed by atoms with Crippen LogP contribution in [0.15, 0.2) is 18.2 Å². The van der Waals surface area contributed by atoms with E-state index < -0.39 is 11.7 Å². The fourth-order valence-electron chi connectivity index (χ4n) is 3.73. The molecule has 0 atom stereocenters. The van der Waals surface area contributed by atoms with Crippen LogP contribution in [0, 0.1) is 0 Å². The molecule has 2 bridgehead atoms. The number of alkyl halides is 3. The second kappa shape index (κ2) is 5.49. The predicted molar refractivity (Wildman–Crippen MR) is 81.0 cm³/mol. The van der Waals surface area contributed by atoms with E-state index in [0.29, 0.717) is 18.1 Å². The lowest BCUT2D eigenvalue weighted by molar-refractivity contribution is -0.137. The van der Waals surface area contributed by atoms with Gasteiger partial charge in [0, 0.05) is 31.1 Å². The Morgan fingerprint density at radius 2 is 1.91 bits per heavy atom. The molecule has 3 aliphatic heterocycles.